The van der Waals surface area contributed by atoms with Gasteiger partial charge in [0.2, 0.25) is 5.91 Å². The molecule has 0 heterocycles. The smallest absolute Gasteiger partial charge is 0.221 e. The summed E-state index contributed by atoms with van der Waals surface area (Å²) in [6.07, 6.45) is 0.482. The van der Waals surface area contributed by atoms with Gasteiger partial charge in [-0.15, -0.1) is 12.4 Å². The summed E-state index contributed by atoms with van der Waals surface area (Å²) in [6.45, 7) is 1.22. The molecule has 0 spiro atoms. The molecule has 1 amide bonds. The van der Waals surface area contributed by atoms with Gasteiger partial charge in [-0.3, -0.25) is 4.79 Å². The lowest BCUT2D eigenvalue weighted by atomic mass is 10.1. The largest absolute Gasteiger partial charge is 0.392 e. The van der Waals surface area contributed by atoms with Crippen molar-refractivity contribution in [1.82, 2.24) is 10.6 Å². The minimum atomic E-state index is 0. The molecule has 96 valence electrons. The molecule has 0 fully saturated rings. The first-order valence-corrected chi connectivity index (χ1v) is 5.36. The summed E-state index contributed by atoms with van der Waals surface area (Å²) < 4.78 is 0. The van der Waals surface area contributed by atoms with Gasteiger partial charge in [-0.25, -0.2) is 0 Å². The molecule has 0 saturated carbocycles. The van der Waals surface area contributed by atoms with Crippen LogP contribution in [0, 0.1) is 0 Å². The fraction of sp³-hybridized carbons (Fsp3) is 0.417. The Kier molecular flexibility index (Phi) is 8.40. The van der Waals surface area contributed by atoms with E-state index in [9.17, 15) is 4.79 Å². The molecular formula is C12H19ClN2O2. The van der Waals surface area contributed by atoms with Crippen LogP contribution in [0.25, 0.3) is 0 Å². The monoisotopic (exact) mass is 258 g/mol. The summed E-state index contributed by atoms with van der Waals surface area (Å²) in [5.74, 6) is 0.0313. The summed E-state index contributed by atoms with van der Waals surface area (Å²) in [4.78, 5) is 11.3. The van der Waals surface area contributed by atoms with Crippen molar-refractivity contribution in [3.05, 3.63) is 35.4 Å². The lowest BCUT2D eigenvalue weighted by Gasteiger charge is -2.06. The van der Waals surface area contributed by atoms with Gasteiger partial charge < -0.3 is 15.7 Å². The van der Waals surface area contributed by atoms with Crippen LogP contribution in [-0.4, -0.2) is 24.6 Å². The Balaban J connectivity index is 0.00000256. The highest BCUT2D eigenvalue weighted by molar-refractivity contribution is 5.85. The van der Waals surface area contributed by atoms with Gasteiger partial charge in [-0.1, -0.05) is 24.3 Å². The van der Waals surface area contributed by atoms with Gasteiger partial charge in [0, 0.05) is 19.5 Å². The molecule has 0 aliphatic rings. The highest BCUT2D eigenvalue weighted by Crippen LogP contribution is 2.04. The Bertz CT molecular complexity index is 345. The van der Waals surface area contributed by atoms with Crippen LogP contribution >= 0.6 is 12.4 Å². The van der Waals surface area contributed by atoms with Crippen molar-refractivity contribution in [2.45, 2.75) is 19.6 Å². The number of hydrogen-bond acceptors (Lipinski definition) is 3. The number of carbonyl (C=O) groups excluding carboxylic acids is 1. The Morgan fingerprint density at radius 2 is 2.06 bits per heavy atom. The summed E-state index contributed by atoms with van der Waals surface area (Å²) in [5.41, 5.74) is 1.87. The van der Waals surface area contributed by atoms with E-state index in [1.165, 1.54) is 0 Å². The van der Waals surface area contributed by atoms with Crippen molar-refractivity contribution >= 4 is 18.3 Å². The zero-order chi connectivity index (χ0) is 11.8. The van der Waals surface area contributed by atoms with Crippen molar-refractivity contribution in [1.29, 1.82) is 0 Å². The van der Waals surface area contributed by atoms with Gasteiger partial charge in [0.25, 0.3) is 0 Å². The number of rotatable bonds is 6. The summed E-state index contributed by atoms with van der Waals surface area (Å²) in [5, 5.41) is 14.7. The molecule has 0 aliphatic heterocycles. The number of aliphatic hydroxyl groups is 1. The molecule has 5 heteroatoms. The average molecular weight is 259 g/mol. The zero-order valence-electron chi connectivity index (χ0n) is 9.90. The van der Waals surface area contributed by atoms with Crippen LogP contribution in [0.4, 0.5) is 0 Å². The maximum absolute atomic E-state index is 11.3. The number of halogens is 1. The summed E-state index contributed by atoms with van der Waals surface area (Å²) in [6, 6.07) is 7.54. The first-order chi connectivity index (χ1) is 7.76. The number of amides is 1. The van der Waals surface area contributed by atoms with E-state index in [0.29, 0.717) is 19.5 Å². The molecule has 1 aromatic rings. The third-order valence-electron chi connectivity index (χ3n) is 2.27. The number of benzene rings is 1. The molecule has 1 rings (SSSR count). The van der Waals surface area contributed by atoms with Gasteiger partial charge in [0.1, 0.15) is 0 Å². The first-order valence-electron chi connectivity index (χ1n) is 5.36. The molecule has 0 aromatic heterocycles. The molecule has 3 N–H and O–H groups in total. The highest BCUT2D eigenvalue weighted by atomic mass is 35.5. The van der Waals surface area contributed by atoms with Crippen molar-refractivity contribution in [3.8, 4) is 0 Å². The van der Waals surface area contributed by atoms with E-state index in [0.717, 1.165) is 11.1 Å². The molecule has 0 unspecified atom stereocenters. The van der Waals surface area contributed by atoms with Gasteiger partial charge in [0.05, 0.1) is 6.61 Å². The van der Waals surface area contributed by atoms with Crippen LogP contribution in [0.5, 0.6) is 0 Å². The van der Waals surface area contributed by atoms with E-state index < -0.39 is 0 Å². The van der Waals surface area contributed by atoms with Crippen molar-refractivity contribution in [3.63, 3.8) is 0 Å². The van der Waals surface area contributed by atoms with Gasteiger partial charge in [0.15, 0.2) is 0 Å². The highest BCUT2D eigenvalue weighted by Gasteiger charge is 2.00. The zero-order valence-corrected chi connectivity index (χ0v) is 10.7. The predicted molar refractivity (Wildman–Crippen MR) is 70.0 cm³/mol. The van der Waals surface area contributed by atoms with Crippen LogP contribution in [0.1, 0.15) is 17.5 Å². The Morgan fingerprint density at radius 3 is 2.71 bits per heavy atom. The van der Waals surface area contributed by atoms with E-state index in [4.69, 9.17) is 5.11 Å². The van der Waals surface area contributed by atoms with Crippen LogP contribution in [0.3, 0.4) is 0 Å². The fourth-order valence-corrected chi connectivity index (χ4v) is 1.37. The number of aliphatic hydroxyl groups excluding tert-OH is 1. The van der Waals surface area contributed by atoms with Crippen LogP contribution in [0.2, 0.25) is 0 Å². The third kappa shape index (κ3) is 6.26. The molecule has 17 heavy (non-hydrogen) atoms. The molecule has 0 bridgehead atoms. The average Bonchev–Trinajstić information content (AvgIpc) is 2.34. The lowest BCUT2D eigenvalue weighted by molar-refractivity contribution is -0.121. The van der Waals surface area contributed by atoms with E-state index in [2.05, 4.69) is 10.6 Å². The minimum absolute atomic E-state index is 0. The summed E-state index contributed by atoms with van der Waals surface area (Å²) >= 11 is 0. The number of hydrogen-bond donors (Lipinski definition) is 3. The lowest BCUT2D eigenvalue weighted by Crippen LogP contribution is -2.26. The van der Waals surface area contributed by atoms with E-state index in [1.807, 2.05) is 31.3 Å². The maximum atomic E-state index is 11.3. The number of carbonyl (C=O) groups is 1. The van der Waals surface area contributed by atoms with Crippen LogP contribution in [-0.2, 0) is 17.9 Å². The first kappa shape index (κ1) is 15.9. The molecule has 0 atom stereocenters. The predicted octanol–water partition coefficient (Wildman–Crippen LogP) is 0.826. The third-order valence-corrected chi connectivity index (χ3v) is 2.27. The Hall–Kier alpha value is -1.10. The minimum Gasteiger partial charge on any atom is -0.392 e. The standard InChI is InChI=1S/C12H18N2O2.ClH/c1-13-6-5-12(16)14-8-10-3-2-4-11(7-10)9-15;/h2-4,7,13,15H,5-6,8-9H2,1H3,(H,14,16);1H. The Labute approximate surface area is 108 Å². The van der Waals surface area contributed by atoms with Crippen molar-refractivity contribution in [2.75, 3.05) is 13.6 Å². The van der Waals surface area contributed by atoms with Gasteiger partial charge in [-0.2, -0.15) is 0 Å². The maximum Gasteiger partial charge on any atom is 0.221 e. The second-order valence-electron chi connectivity index (χ2n) is 3.61. The van der Waals surface area contributed by atoms with E-state index in [1.54, 1.807) is 0 Å². The topological polar surface area (TPSA) is 61.4 Å². The summed E-state index contributed by atoms with van der Waals surface area (Å²) in [7, 11) is 1.82. The molecule has 0 saturated heterocycles. The molecule has 1 aromatic carbocycles. The normalized spacial score (nSPS) is 9.53. The van der Waals surface area contributed by atoms with E-state index >= 15 is 0 Å². The molecule has 0 radical (unpaired) electrons. The fourth-order valence-electron chi connectivity index (χ4n) is 1.37. The van der Waals surface area contributed by atoms with Gasteiger partial charge >= 0.3 is 0 Å². The number of nitrogens with one attached hydrogen (secondary N) is 2. The van der Waals surface area contributed by atoms with Crippen molar-refractivity contribution in [2.24, 2.45) is 0 Å². The molecule has 4 nitrogen and oxygen atoms in total. The SMILES string of the molecule is CNCCC(=O)NCc1cccc(CO)c1.Cl. The van der Waals surface area contributed by atoms with Crippen molar-refractivity contribution < 1.29 is 9.90 Å². The van der Waals surface area contributed by atoms with Crippen LogP contribution < -0.4 is 10.6 Å². The van der Waals surface area contributed by atoms with Gasteiger partial charge in [-0.05, 0) is 18.2 Å². The Morgan fingerprint density at radius 1 is 1.35 bits per heavy atom. The van der Waals surface area contributed by atoms with E-state index in [-0.39, 0.29) is 24.9 Å². The quantitative estimate of drug-likeness (QED) is 0.708. The van der Waals surface area contributed by atoms with Crippen LogP contribution in [0.15, 0.2) is 24.3 Å². The second kappa shape index (κ2) is 8.98. The second-order valence-corrected chi connectivity index (χ2v) is 3.61. The molecule has 0 aliphatic carbocycles. The molecular weight excluding hydrogens is 240 g/mol.